The van der Waals surface area contributed by atoms with Gasteiger partial charge in [0, 0.05) is 35.0 Å². The summed E-state index contributed by atoms with van der Waals surface area (Å²) in [6.45, 7) is 2.68. The zero-order valence-electron chi connectivity index (χ0n) is 20.8. The van der Waals surface area contributed by atoms with E-state index in [0.717, 1.165) is 21.3 Å². The van der Waals surface area contributed by atoms with Crippen LogP contribution in [0.5, 0.6) is 5.75 Å². The Balaban J connectivity index is 1.25. The average molecular weight is 536 g/mol. The molecule has 2 aromatic carbocycles. The number of carbonyl (C=O) groups is 3. The van der Waals surface area contributed by atoms with Crippen LogP contribution in [0.2, 0.25) is 0 Å². The number of anilines is 1. The van der Waals surface area contributed by atoms with E-state index in [-0.39, 0.29) is 23.4 Å². The number of hydrogen-bond donors (Lipinski definition) is 3. The number of rotatable bonds is 7. The summed E-state index contributed by atoms with van der Waals surface area (Å²) in [5.74, 6) is -0.999. The molecule has 0 spiro atoms. The minimum Gasteiger partial charge on any atom is -0.495 e. The van der Waals surface area contributed by atoms with Crippen LogP contribution in [0.25, 0.3) is 10.9 Å². The predicted molar refractivity (Wildman–Crippen MR) is 142 cm³/mol. The van der Waals surface area contributed by atoms with E-state index in [0.29, 0.717) is 42.1 Å². The molecular formula is C27H26FN5O4S. The Bertz CT molecular complexity index is 1530. The molecule has 0 saturated carbocycles. The number of carbonyl (C=O) groups excluding carboxylic acids is 3. The molecule has 0 radical (unpaired) electrons. The molecule has 5 rings (SSSR count). The maximum atomic E-state index is 13.7. The van der Waals surface area contributed by atoms with Crippen molar-refractivity contribution in [2.45, 2.75) is 32.4 Å². The Labute approximate surface area is 222 Å². The molecule has 2 aromatic heterocycles. The van der Waals surface area contributed by atoms with E-state index in [4.69, 9.17) is 4.74 Å². The Morgan fingerprint density at radius 3 is 2.82 bits per heavy atom. The molecule has 0 bridgehead atoms. The van der Waals surface area contributed by atoms with E-state index in [9.17, 15) is 18.8 Å². The second-order valence-electron chi connectivity index (χ2n) is 8.97. The van der Waals surface area contributed by atoms with Gasteiger partial charge in [-0.3, -0.25) is 19.5 Å². The fraction of sp³-hybridized carbons (Fsp3) is 0.259. The van der Waals surface area contributed by atoms with Crippen LogP contribution < -0.4 is 15.4 Å². The zero-order valence-corrected chi connectivity index (χ0v) is 21.7. The summed E-state index contributed by atoms with van der Waals surface area (Å²) >= 11 is 1.36. The van der Waals surface area contributed by atoms with Crippen LogP contribution in [-0.4, -0.2) is 52.5 Å². The molecule has 0 fully saturated rings. The van der Waals surface area contributed by atoms with Crippen LogP contribution in [0.1, 0.15) is 43.8 Å². The first-order chi connectivity index (χ1) is 18.4. The average Bonchev–Trinajstić information content (AvgIpc) is 3.57. The highest BCUT2D eigenvalue weighted by atomic mass is 32.1. The highest BCUT2D eigenvalue weighted by molar-refractivity contribution is 7.14. The Morgan fingerprint density at radius 1 is 1.18 bits per heavy atom. The molecule has 1 aliphatic rings. The number of nitrogens with zero attached hydrogens (tertiary/aromatic N) is 2. The van der Waals surface area contributed by atoms with Gasteiger partial charge in [-0.15, -0.1) is 11.3 Å². The summed E-state index contributed by atoms with van der Waals surface area (Å²) in [6, 6.07) is 10.2. The van der Waals surface area contributed by atoms with Crippen LogP contribution in [0, 0.1) is 5.82 Å². The third-order valence-electron chi connectivity index (χ3n) is 6.53. The maximum Gasteiger partial charge on any atom is 0.265 e. The minimum atomic E-state index is -0.675. The molecule has 196 valence electrons. The zero-order chi connectivity index (χ0) is 26.8. The van der Waals surface area contributed by atoms with Crippen LogP contribution in [-0.2, 0) is 17.8 Å². The van der Waals surface area contributed by atoms with Crippen LogP contribution >= 0.6 is 11.3 Å². The van der Waals surface area contributed by atoms with Gasteiger partial charge in [0.05, 0.1) is 29.4 Å². The first-order valence-electron chi connectivity index (χ1n) is 12.2. The normalized spacial score (nSPS) is 13.6. The van der Waals surface area contributed by atoms with E-state index in [1.165, 1.54) is 36.6 Å². The van der Waals surface area contributed by atoms with Gasteiger partial charge in [-0.25, -0.2) is 4.39 Å². The second-order valence-corrected chi connectivity index (χ2v) is 10.1. The van der Waals surface area contributed by atoms with Crippen molar-refractivity contribution >= 4 is 45.6 Å². The molecule has 38 heavy (non-hydrogen) atoms. The van der Waals surface area contributed by atoms with E-state index in [2.05, 4.69) is 20.8 Å². The molecule has 0 unspecified atom stereocenters. The van der Waals surface area contributed by atoms with Crippen molar-refractivity contribution in [1.29, 1.82) is 0 Å². The lowest BCUT2D eigenvalue weighted by atomic mass is 10.1. The number of fused-ring (bicyclic) bond motifs is 2. The van der Waals surface area contributed by atoms with Gasteiger partial charge in [0.2, 0.25) is 5.91 Å². The predicted octanol–water partition coefficient (Wildman–Crippen LogP) is 4.12. The van der Waals surface area contributed by atoms with Crippen molar-refractivity contribution in [3.05, 3.63) is 75.4 Å². The minimum absolute atomic E-state index is 0.169. The summed E-state index contributed by atoms with van der Waals surface area (Å²) < 4.78 is 18.9. The first kappa shape index (κ1) is 25.4. The number of benzene rings is 2. The monoisotopic (exact) mass is 535 g/mol. The number of amides is 3. The quantitative estimate of drug-likeness (QED) is 0.329. The van der Waals surface area contributed by atoms with Crippen molar-refractivity contribution in [3.63, 3.8) is 0 Å². The summed E-state index contributed by atoms with van der Waals surface area (Å²) in [5.41, 5.74) is 2.41. The number of halogens is 1. The molecule has 0 saturated heterocycles. The summed E-state index contributed by atoms with van der Waals surface area (Å²) in [6.07, 6.45) is 2.68. The van der Waals surface area contributed by atoms with Gasteiger partial charge in [0.1, 0.15) is 17.6 Å². The van der Waals surface area contributed by atoms with Crippen molar-refractivity contribution in [1.82, 2.24) is 20.4 Å². The largest absolute Gasteiger partial charge is 0.495 e. The number of aromatic amines is 1. The second kappa shape index (κ2) is 10.6. The molecule has 1 atom stereocenters. The van der Waals surface area contributed by atoms with Gasteiger partial charge in [-0.05, 0) is 54.8 Å². The lowest BCUT2D eigenvalue weighted by Gasteiger charge is -2.30. The molecule has 3 N–H and O–H groups in total. The number of nitrogens with one attached hydrogen (secondary N) is 3. The fourth-order valence-corrected chi connectivity index (χ4v) is 5.54. The lowest BCUT2D eigenvalue weighted by Crippen LogP contribution is -2.49. The topological polar surface area (TPSA) is 116 Å². The van der Waals surface area contributed by atoms with Gasteiger partial charge in [0.15, 0.2) is 0 Å². The van der Waals surface area contributed by atoms with Gasteiger partial charge in [-0.2, -0.15) is 5.10 Å². The number of thiophene rings is 1. The van der Waals surface area contributed by atoms with Crippen molar-refractivity contribution in [2.75, 3.05) is 19.0 Å². The molecular weight excluding hydrogens is 509 g/mol. The number of aromatic nitrogens is 2. The van der Waals surface area contributed by atoms with E-state index < -0.39 is 11.9 Å². The first-order valence-corrected chi connectivity index (χ1v) is 13.0. The smallest absolute Gasteiger partial charge is 0.265 e. The van der Waals surface area contributed by atoms with Crippen molar-refractivity contribution in [3.8, 4) is 5.75 Å². The third-order valence-corrected chi connectivity index (χ3v) is 7.76. The summed E-state index contributed by atoms with van der Waals surface area (Å²) in [7, 11) is 1.45. The van der Waals surface area contributed by atoms with Gasteiger partial charge < -0.3 is 20.3 Å². The highest BCUT2D eigenvalue weighted by Gasteiger charge is 2.29. The highest BCUT2D eigenvalue weighted by Crippen LogP contribution is 2.31. The van der Waals surface area contributed by atoms with Crippen molar-refractivity contribution in [2.24, 2.45) is 0 Å². The lowest BCUT2D eigenvalue weighted by molar-refractivity contribution is -0.134. The van der Waals surface area contributed by atoms with Gasteiger partial charge >= 0.3 is 0 Å². The van der Waals surface area contributed by atoms with E-state index in [1.54, 1.807) is 35.4 Å². The van der Waals surface area contributed by atoms with Gasteiger partial charge in [0.25, 0.3) is 11.8 Å². The Hall–Kier alpha value is -4.25. The summed E-state index contributed by atoms with van der Waals surface area (Å²) in [4.78, 5) is 42.3. The number of hydrogen-bond acceptors (Lipinski definition) is 6. The molecule has 1 aliphatic heterocycles. The molecule has 3 amide bonds. The number of ether oxygens (including phenoxy) is 1. The Morgan fingerprint density at radius 2 is 2.03 bits per heavy atom. The molecule has 11 heteroatoms. The van der Waals surface area contributed by atoms with Crippen molar-refractivity contribution < 1.29 is 23.5 Å². The van der Waals surface area contributed by atoms with Crippen LogP contribution in [0.3, 0.4) is 0 Å². The van der Waals surface area contributed by atoms with E-state index >= 15 is 0 Å². The summed E-state index contributed by atoms with van der Waals surface area (Å²) in [5, 5.41) is 13.2. The molecule has 0 aliphatic carbocycles. The van der Waals surface area contributed by atoms with E-state index in [1.807, 2.05) is 6.92 Å². The number of H-pyrrole nitrogens is 1. The maximum absolute atomic E-state index is 13.7. The van der Waals surface area contributed by atoms with Crippen LogP contribution in [0.4, 0.5) is 10.1 Å². The molecule has 3 heterocycles. The Kier molecular flexibility index (Phi) is 7.10. The fourth-order valence-electron chi connectivity index (χ4n) is 4.48. The molecule has 9 nitrogen and oxygen atoms in total. The molecule has 4 aromatic rings. The number of methoxy groups -OCH3 is 1. The van der Waals surface area contributed by atoms with Crippen LogP contribution in [0.15, 0.2) is 48.7 Å². The SMILES string of the molecule is CC[C@@H](NC(=O)c1ccc2[nH]ncc2c1)C(=O)N1CCc2sc(C(=O)Nc3cc(F)ccc3OC)cc2C1. The third kappa shape index (κ3) is 5.10. The van der Waals surface area contributed by atoms with Gasteiger partial charge in [-0.1, -0.05) is 6.92 Å². The standard InChI is InChI=1S/C27H26FN5O4S/c1-3-19(30-25(34)15-4-6-20-16(10-15)13-29-32-20)27(36)33-9-8-23-17(14-33)11-24(38-23)26(35)31-21-12-18(28)5-7-22(21)37-2/h4-7,10-13,19H,3,8-9,14H2,1-2H3,(H,29,32)(H,30,34)(H,31,35)/t19-/m1/s1.